The molecule has 1 N–H and O–H groups in total. The van der Waals surface area contributed by atoms with Gasteiger partial charge >= 0.3 is 0 Å². The fraction of sp³-hybridized carbons (Fsp3) is 0.684. The minimum Gasteiger partial charge on any atom is -0.315 e. The quantitative estimate of drug-likeness (QED) is 0.858. The van der Waals surface area contributed by atoms with Gasteiger partial charge in [-0.05, 0) is 48.9 Å². The minimum absolute atomic E-state index is 0.634. The van der Waals surface area contributed by atoms with Crippen molar-refractivity contribution in [3.8, 4) is 0 Å². The monoisotopic (exact) mass is 288 g/mol. The molecule has 1 aliphatic rings. The van der Waals surface area contributed by atoms with Gasteiger partial charge in [-0.1, -0.05) is 52.0 Å². The van der Waals surface area contributed by atoms with Crippen molar-refractivity contribution in [2.24, 2.45) is 11.8 Å². The molecule has 0 saturated carbocycles. The number of benzene rings is 1. The largest absolute Gasteiger partial charge is 0.315 e. The van der Waals surface area contributed by atoms with E-state index in [0.29, 0.717) is 12.0 Å². The van der Waals surface area contributed by atoms with E-state index in [1.54, 1.807) is 5.56 Å². The van der Waals surface area contributed by atoms with E-state index in [0.717, 1.165) is 25.6 Å². The van der Waals surface area contributed by atoms with Crippen LogP contribution in [0.25, 0.3) is 0 Å². The van der Waals surface area contributed by atoms with E-state index in [1.165, 1.54) is 24.9 Å². The van der Waals surface area contributed by atoms with Gasteiger partial charge in [0, 0.05) is 19.1 Å². The molecule has 1 aliphatic heterocycles. The highest BCUT2D eigenvalue weighted by molar-refractivity contribution is 5.28. The molecule has 118 valence electrons. The summed E-state index contributed by atoms with van der Waals surface area (Å²) in [7, 11) is 0. The summed E-state index contributed by atoms with van der Waals surface area (Å²) in [5, 5.41) is 3.67. The zero-order chi connectivity index (χ0) is 15.2. The standard InChI is InChI=1S/C19H32N2/c1-15(2)12-20-13-19(16(3)4)21-11-7-10-17-8-5-6-9-18(17)14-21/h5-6,8-9,15-16,19-20H,7,10-14H2,1-4H3. The Morgan fingerprint density at radius 3 is 2.43 bits per heavy atom. The van der Waals surface area contributed by atoms with E-state index in [4.69, 9.17) is 0 Å². The lowest BCUT2D eigenvalue weighted by Crippen LogP contribution is -2.46. The number of aryl methyl sites for hydroxylation is 1. The van der Waals surface area contributed by atoms with Crippen molar-refractivity contribution in [1.29, 1.82) is 0 Å². The number of nitrogens with zero attached hydrogens (tertiary/aromatic N) is 1. The van der Waals surface area contributed by atoms with Crippen LogP contribution in [-0.4, -0.2) is 30.6 Å². The summed E-state index contributed by atoms with van der Waals surface area (Å²) < 4.78 is 0. The van der Waals surface area contributed by atoms with Gasteiger partial charge in [0.25, 0.3) is 0 Å². The van der Waals surface area contributed by atoms with Gasteiger partial charge in [-0.3, -0.25) is 4.90 Å². The summed E-state index contributed by atoms with van der Waals surface area (Å²) >= 11 is 0. The van der Waals surface area contributed by atoms with Crippen LogP contribution in [0.2, 0.25) is 0 Å². The summed E-state index contributed by atoms with van der Waals surface area (Å²) in [5.41, 5.74) is 3.09. The van der Waals surface area contributed by atoms with Crippen molar-refractivity contribution in [3.63, 3.8) is 0 Å². The third-order valence-corrected chi connectivity index (χ3v) is 4.53. The second kappa shape index (κ2) is 7.95. The number of hydrogen-bond acceptors (Lipinski definition) is 2. The Balaban J connectivity index is 2.03. The van der Waals surface area contributed by atoms with Gasteiger partial charge in [0.05, 0.1) is 0 Å². The van der Waals surface area contributed by atoms with Crippen molar-refractivity contribution >= 4 is 0 Å². The Hall–Kier alpha value is -0.860. The summed E-state index contributed by atoms with van der Waals surface area (Å²) in [6, 6.07) is 9.62. The predicted molar refractivity (Wildman–Crippen MR) is 91.5 cm³/mol. The van der Waals surface area contributed by atoms with Crippen molar-refractivity contribution < 1.29 is 0 Å². The topological polar surface area (TPSA) is 15.3 Å². The molecule has 1 aromatic carbocycles. The Kier molecular flexibility index (Phi) is 6.25. The smallest absolute Gasteiger partial charge is 0.0247 e. The van der Waals surface area contributed by atoms with Gasteiger partial charge in [-0.15, -0.1) is 0 Å². The van der Waals surface area contributed by atoms with Crippen LogP contribution < -0.4 is 5.32 Å². The van der Waals surface area contributed by atoms with Gasteiger partial charge in [0.1, 0.15) is 0 Å². The molecule has 0 saturated heterocycles. The van der Waals surface area contributed by atoms with E-state index in [9.17, 15) is 0 Å². The van der Waals surface area contributed by atoms with E-state index in [-0.39, 0.29) is 0 Å². The molecule has 0 aromatic heterocycles. The average Bonchev–Trinajstić information content (AvgIpc) is 2.64. The van der Waals surface area contributed by atoms with Gasteiger partial charge in [-0.2, -0.15) is 0 Å². The van der Waals surface area contributed by atoms with E-state index in [1.807, 2.05) is 0 Å². The fourth-order valence-electron chi connectivity index (χ4n) is 3.32. The van der Waals surface area contributed by atoms with E-state index >= 15 is 0 Å². The highest BCUT2D eigenvalue weighted by atomic mass is 15.2. The van der Waals surface area contributed by atoms with Crippen LogP contribution in [0.15, 0.2) is 24.3 Å². The third-order valence-electron chi connectivity index (χ3n) is 4.53. The molecule has 1 atom stereocenters. The highest BCUT2D eigenvalue weighted by Gasteiger charge is 2.24. The molecular formula is C19H32N2. The van der Waals surface area contributed by atoms with Crippen LogP contribution in [0, 0.1) is 11.8 Å². The molecule has 2 rings (SSSR count). The molecule has 0 spiro atoms. The Labute approximate surface area is 130 Å². The predicted octanol–water partition coefficient (Wildman–Crippen LogP) is 3.71. The molecule has 1 unspecified atom stereocenters. The lowest BCUT2D eigenvalue weighted by atomic mass is 10.0. The number of fused-ring (bicyclic) bond motifs is 1. The minimum atomic E-state index is 0.634. The number of nitrogens with one attached hydrogen (secondary N) is 1. The Morgan fingerprint density at radius 1 is 1.05 bits per heavy atom. The number of hydrogen-bond donors (Lipinski definition) is 1. The summed E-state index contributed by atoms with van der Waals surface area (Å²) in [5.74, 6) is 1.41. The summed E-state index contributed by atoms with van der Waals surface area (Å²) in [4.78, 5) is 2.70. The molecule has 2 heteroatoms. The molecule has 1 aromatic rings. The molecule has 1 heterocycles. The molecule has 0 radical (unpaired) electrons. The Morgan fingerprint density at radius 2 is 1.76 bits per heavy atom. The molecule has 2 nitrogen and oxygen atoms in total. The lowest BCUT2D eigenvalue weighted by Gasteiger charge is -2.34. The third kappa shape index (κ3) is 4.82. The molecule has 0 fully saturated rings. The van der Waals surface area contributed by atoms with E-state index in [2.05, 4.69) is 62.2 Å². The fourth-order valence-corrected chi connectivity index (χ4v) is 3.32. The summed E-state index contributed by atoms with van der Waals surface area (Å²) in [6.45, 7) is 13.8. The van der Waals surface area contributed by atoms with Crippen molar-refractivity contribution in [1.82, 2.24) is 10.2 Å². The van der Waals surface area contributed by atoms with Crippen LogP contribution in [0.3, 0.4) is 0 Å². The highest BCUT2D eigenvalue weighted by Crippen LogP contribution is 2.22. The van der Waals surface area contributed by atoms with Crippen LogP contribution >= 0.6 is 0 Å². The van der Waals surface area contributed by atoms with Crippen LogP contribution in [0.1, 0.15) is 45.2 Å². The zero-order valence-corrected chi connectivity index (χ0v) is 14.2. The second-order valence-corrected chi connectivity index (χ2v) is 7.21. The first-order chi connectivity index (χ1) is 10.1. The first kappa shape index (κ1) is 16.5. The van der Waals surface area contributed by atoms with Gasteiger partial charge in [-0.25, -0.2) is 0 Å². The molecule has 0 amide bonds. The molecule has 0 aliphatic carbocycles. The zero-order valence-electron chi connectivity index (χ0n) is 14.2. The van der Waals surface area contributed by atoms with Crippen molar-refractivity contribution in [2.75, 3.05) is 19.6 Å². The van der Waals surface area contributed by atoms with Crippen LogP contribution in [0.5, 0.6) is 0 Å². The van der Waals surface area contributed by atoms with Crippen LogP contribution in [-0.2, 0) is 13.0 Å². The SMILES string of the molecule is CC(C)CNCC(C(C)C)N1CCCc2ccccc2C1. The van der Waals surface area contributed by atoms with Gasteiger partial charge in [0.15, 0.2) is 0 Å². The maximum Gasteiger partial charge on any atom is 0.0247 e. The van der Waals surface area contributed by atoms with Crippen molar-refractivity contribution in [2.45, 2.75) is 53.1 Å². The molecular weight excluding hydrogens is 256 g/mol. The van der Waals surface area contributed by atoms with Gasteiger partial charge in [0.2, 0.25) is 0 Å². The van der Waals surface area contributed by atoms with Gasteiger partial charge < -0.3 is 5.32 Å². The van der Waals surface area contributed by atoms with Crippen LogP contribution in [0.4, 0.5) is 0 Å². The van der Waals surface area contributed by atoms with Crippen molar-refractivity contribution in [3.05, 3.63) is 35.4 Å². The second-order valence-electron chi connectivity index (χ2n) is 7.21. The maximum atomic E-state index is 3.67. The molecule has 21 heavy (non-hydrogen) atoms. The first-order valence-corrected chi connectivity index (χ1v) is 8.59. The van der Waals surface area contributed by atoms with E-state index < -0.39 is 0 Å². The normalized spacial score (nSPS) is 17.8. The lowest BCUT2D eigenvalue weighted by molar-refractivity contribution is 0.144. The molecule has 0 bridgehead atoms. The average molecular weight is 288 g/mol. The first-order valence-electron chi connectivity index (χ1n) is 8.59. The number of rotatable bonds is 6. The Bertz CT molecular complexity index is 425. The summed E-state index contributed by atoms with van der Waals surface area (Å²) in [6.07, 6.45) is 2.52. The maximum absolute atomic E-state index is 3.67.